The Balaban J connectivity index is 1.79. The van der Waals surface area contributed by atoms with E-state index in [2.05, 4.69) is 15.5 Å². The smallest absolute Gasteiger partial charge is 0.317 e. The molecule has 1 aromatic rings. The maximum atomic E-state index is 13.4. The first-order chi connectivity index (χ1) is 18.6. The van der Waals surface area contributed by atoms with Gasteiger partial charge in [0.15, 0.2) is 0 Å². The van der Waals surface area contributed by atoms with Crippen molar-refractivity contribution in [3.63, 3.8) is 0 Å². The Morgan fingerprint density at radius 2 is 1.92 bits per heavy atom. The third-order valence-electron chi connectivity index (χ3n) is 7.17. The van der Waals surface area contributed by atoms with Gasteiger partial charge in [0.2, 0.25) is 11.8 Å². The van der Waals surface area contributed by atoms with Crippen LogP contribution in [0.5, 0.6) is 5.75 Å². The molecule has 218 valence electrons. The molecule has 3 N–H and O–H groups in total. The van der Waals surface area contributed by atoms with Gasteiger partial charge < -0.3 is 35.0 Å². The average Bonchev–Trinajstić information content (AvgIpc) is 2.94. The van der Waals surface area contributed by atoms with Crippen LogP contribution in [0.15, 0.2) is 18.2 Å². The number of likely N-dealkylation sites (N-methyl/N-ethyl adjacent to an activating group) is 1. The van der Waals surface area contributed by atoms with E-state index in [4.69, 9.17) is 9.47 Å². The van der Waals surface area contributed by atoms with E-state index < -0.39 is 6.10 Å². The second-order valence-electron chi connectivity index (χ2n) is 10.9. The van der Waals surface area contributed by atoms with Crippen molar-refractivity contribution in [2.45, 2.75) is 58.7 Å². The Labute approximate surface area is 231 Å². The summed E-state index contributed by atoms with van der Waals surface area (Å²) in [6, 6.07) is 4.77. The highest BCUT2D eigenvalue weighted by atomic mass is 16.5. The lowest BCUT2D eigenvalue weighted by molar-refractivity contribution is -0.134. The number of urea groups is 1. The Hall–Kier alpha value is -2.89. The van der Waals surface area contributed by atoms with E-state index in [0.29, 0.717) is 56.3 Å². The topological polar surface area (TPSA) is 124 Å². The van der Waals surface area contributed by atoms with Crippen molar-refractivity contribution in [1.82, 2.24) is 20.0 Å². The van der Waals surface area contributed by atoms with Gasteiger partial charge in [-0.1, -0.05) is 6.92 Å². The number of nitrogens with one attached hydrogen (secondary N) is 2. The van der Waals surface area contributed by atoms with Gasteiger partial charge in [-0.25, -0.2) is 4.79 Å². The number of carbonyl (C=O) groups is 3. The molecule has 0 bridgehead atoms. The number of amides is 4. The zero-order valence-electron chi connectivity index (χ0n) is 23.9. The summed E-state index contributed by atoms with van der Waals surface area (Å²) in [4.78, 5) is 44.1. The number of anilines is 1. The lowest BCUT2D eigenvalue weighted by atomic mass is 10.0. The minimum Gasteiger partial charge on any atom is -0.488 e. The van der Waals surface area contributed by atoms with Crippen LogP contribution < -0.4 is 15.4 Å². The first kappa shape index (κ1) is 30.6. The molecule has 11 heteroatoms. The third kappa shape index (κ3) is 9.08. The number of nitrogens with zero attached hydrogens (tertiary/aromatic N) is 3. The molecule has 1 aromatic carbocycles. The number of hydrogen-bond donors (Lipinski definition) is 3. The number of morpholine rings is 1. The number of fused-ring (bicyclic) bond motifs is 1. The van der Waals surface area contributed by atoms with Gasteiger partial charge in [0.25, 0.3) is 0 Å². The second-order valence-corrected chi connectivity index (χ2v) is 10.9. The Bertz CT molecular complexity index is 983. The van der Waals surface area contributed by atoms with Crippen molar-refractivity contribution in [3.8, 4) is 5.75 Å². The maximum Gasteiger partial charge on any atom is 0.317 e. The molecule has 2 aliphatic heterocycles. The van der Waals surface area contributed by atoms with Crippen molar-refractivity contribution in [1.29, 1.82) is 0 Å². The summed E-state index contributed by atoms with van der Waals surface area (Å²) in [5.41, 5.74) is 1.24. The number of aliphatic hydroxyl groups is 1. The summed E-state index contributed by atoms with van der Waals surface area (Å²) in [6.07, 6.45) is 0.0267. The summed E-state index contributed by atoms with van der Waals surface area (Å²) < 4.78 is 11.8. The number of hydrogen-bond acceptors (Lipinski definition) is 7. The lowest BCUT2D eigenvalue weighted by Gasteiger charge is -2.34. The molecule has 0 unspecified atom stereocenters. The van der Waals surface area contributed by atoms with E-state index in [-0.39, 0.29) is 48.9 Å². The molecule has 2 aliphatic rings. The molecule has 3 rings (SSSR count). The minimum atomic E-state index is -0.403. The van der Waals surface area contributed by atoms with Gasteiger partial charge in [-0.3, -0.25) is 14.5 Å². The molecule has 0 aliphatic carbocycles. The van der Waals surface area contributed by atoms with Gasteiger partial charge in [-0.15, -0.1) is 0 Å². The zero-order valence-corrected chi connectivity index (χ0v) is 23.9. The van der Waals surface area contributed by atoms with Crippen LogP contribution in [0.1, 0.15) is 39.7 Å². The van der Waals surface area contributed by atoms with Crippen molar-refractivity contribution in [2.24, 2.45) is 5.92 Å². The van der Waals surface area contributed by atoms with Crippen molar-refractivity contribution in [3.05, 3.63) is 23.8 Å². The third-order valence-corrected chi connectivity index (χ3v) is 7.17. The van der Waals surface area contributed by atoms with E-state index in [1.807, 2.05) is 27.7 Å². The highest BCUT2D eigenvalue weighted by Crippen LogP contribution is 2.29. The number of benzene rings is 1. The van der Waals surface area contributed by atoms with Crippen LogP contribution in [0, 0.1) is 5.92 Å². The molecule has 11 nitrogen and oxygen atoms in total. The Morgan fingerprint density at radius 3 is 2.59 bits per heavy atom. The lowest BCUT2D eigenvalue weighted by Crippen LogP contribution is -2.49. The highest BCUT2D eigenvalue weighted by molar-refractivity contribution is 5.91. The monoisotopic (exact) mass is 547 g/mol. The standard InChI is InChI=1S/C28H45N5O6/c1-19(2)29-28(37)31(5)17-25-20(3)16-33(21(4)18-34)27(36)15-22-14-23(6-7-24(22)39-25)30-26(35)8-9-32-10-12-38-13-11-32/h6-7,14,19-21,25,34H,8-13,15-18H2,1-5H3,(H,29,37)(H,30,35)/t20-,21-,25+/m1/s1. The predicted octanol–water partition coefficient (Wildman–Crippen LogP) is 1.55. The van der Waals surface area contributed by atoms with E-state index in [9.17, 15) is 19.5 Å². The molecule has 4 amide bonds. The Morgan fingerprint density at radius 1 is 1.21 bits per heavy atom. The molecule has 39 heavy (non-hydrogen) atoms. The number of carbonyl (C=O) groups excluding carboxylic acids is 3. The molecule has 0 aromatic heterocycles. The molecule has 2 heterocycles. The van der Waals surface area contributed by atoms with E-state index in [1.165, 1.54) is 0 Å². The fraction of sp³-hybridized carbons (Fsp3) is 0.679. The highest BCUT2D eigenvalue weighted by Gasteiger charge is 2.32. The molecule has 0 saturated carbocycles. The van der Waals surface area contributed by atoms with Crippen LogP contribution in [-0.2, 0) is 20.7 Å². The van der Waals surface area contributed by atoms with E-state index in [1.54, 1.807) is 35.0 Å². The van der Waals surface area contributed by atoms with Gasteiger partial charge in [-0.2, -0.15) is 0 Å². The molecular weight excluding hydrogens is 502 g/mol. The van der Waals surface area contributed by atoms with Crippen LogP contribution in [0.3, 0.4) is 0 Å². The van der Waals surface area contributed by atoms with Crippen molar-refractivity contribution < 1.29 is 29.0 Å². The van der Waals surface area contributed by atoms with Gasteiger partial charge >= 0.3 is 6.03 Å². The van der Waals surface area contributed by atoms with Crippen LogP contribution in [0.4, 0.5) is 10.5 Å². The second kappa shape index (κ2) is 14.5. The first-order valence-electron chi connectivity index (χ1n) is 13.9. The first-order valence-corrected chi connectivity index (χ1v) is 13.9. The molecule has 0 radical (unpaired) electrons. The van der Waals surface area contributed by atoms with Gasteiger partial charge in [0, 0.05) is 62.9 Å². The number of aliphatic hydroxyl groups excluding tert-OH is 1. The van der Waals surface area contributed by atoms with Crippen LogP contribution in [-0.4, -0.2) is 115 Å². The van der Waals surface area contributed by atoms with E-state index >= 15 is 0 Å². The normalized spacial score (nSPS) is 21.2. The van der Waals surface area contributed by atoms with Crippen molar-refractivity contribution >= 4 is 23.5 Å². The molecule has 3 atom stereocenters. The Kier molecular flexibility index (Phi) is 11.4. The summed E-state index contributed by atoms with van der Waals surface area (Å²) >= 11 is 0. The summed E-state index contributed by atoms with van der Waals surface area (Å²) in [5, 5.41) is 15.7. The summed E-state index contributed by atoms with van der Waals surface area (Å²) in [5.74, 6) is 0.192. The molecule has 1 fully saturated rings. The quantitative estimate of drug-likeness (QED) is 0.429. The molecule has 1 saturated heterocycles. The zero-order chi connectivity index (χ0) is 28.5. The van der Waals surface area contributed by atoms with Crippen molar-refractivity contribution in [2.75, 3.05) is 64.9 Å². The minimum absolute atomic E-state index is 0.000527. The van der Waals surface area contributed by atoms with Crippen LogP contribution in [0.2, 0.25) is 0 Å². The SMILES string of the molecule is CC(C)NC(=O)N(C)C[C@@H]1Oc2ccc(NC(=O)CCN3CCOCC3)cc2CC(=O)N([C@H](C)CO)C[C@H]1C. The average molecular weight is 548 g/mol. The number of rotatable bonds is 9. The predicted molar refractivity (Wildman–Crippen MR) is 149 cm³/mol. The van der Waals surface area contributed by atoms with Gasteiger partial charge in [0.05, 0.1) is 38.8 Å². The van der Waals surface area contributed by atoms with Gasteiger partial charge in [0.1, 0.15) is 11.9 Å². The number of ether oxygens (including phenoxy) is 2. The summed E-state index contributed by atoms with van der Waals surface area (Å²) in [7, 11) is 1.72. The fourth-order valence-corrected chi connectivity index (χ4v) is 4.74. The van der Waals surface area contributed by atoms with Crippen LogP contribution in [0.25, 0.3) is 0 Å². The largest absolute Gasteiger partial charge is 0.488 e. The van der Waals surface area contributed by atoms with Gasteiger partial charge in [-0.05, 0) is 39.0 Å². The fourth-order valence-electron chi connectivity index (χ4n) is 4.74. The molecular formula is C28H45N5O6. The molecule has 0 spiro atoms. The summed E-state index contributed by atoms with van der Waals surface area (Å²) in [6.45, 7) is 11.8. The van der Waals surface area contributed by atoms with Crippen LogP contribution >= 0.6 is 0 Å². The van der Waals surface area contributed by atoms with E-state index in [0.717, 1.165) is 13.1 Å². The maximum absolute atomic E-state index is 13.4.